The fourth-order valence-corrected chi connectivity index (χ4v) is 4.52. The minimum atomic E-state index is 0.297. The van der Waals surface area contributed by atoms with E-state index in [-0.39, 0.29) is 0 Å². The summed E-state index contributed by atoms with van der Waals surface area (Å²) in [6, 6.07) is 19.2. The maximum absolute atomic E-state index is 9.77. The van der Waals surface area contributed by atoms with Gasteiger partial charge in [0.2, 0.25) is 0 Å². The average molecular weight is 512 g/mol. The standard InChI is InChI=1S/C12H16N2O.C10H12N2O.C9H9N/c1-14(2)7-6-9-8-13-10-4-3-5-11(15)12(9)10;11-4-3-7-6-12-10-2-1-8(13)5-9(7)10;1-7-6-10-9-5-3-2-4-8(7)9/h3-5,8,13,15H,6-7H2,1-2H3;1-2,5-6,12-13H,3-4,11H2;2-6,10H,1H3. The van der Waals surface area contributed by atoms with E-state index >= 15 is 0 Å². The quantitative estimate of drug-likeness (QED) is 0.175. The highest BCUT2D eigenvalue weighted by Gasteiger charge is 2.07. The van der Waals surface area contributed by atoms with Gasteiger partial charge in [-0.25, -0.2) is 0 Å². The molecule has 0 saturated carbocycles. The Bertz CT molecular complexity index is 1610. The molecule has 7 N–H and O–H groups in total. The maximum Gasteiger partial charge on any atom is 0.125 e. The van der Waals surface area contributed by atoms with Crippen molar-refractivity contribution in [3.05, 3.63) is 95.9 Å². The first-order valence-electron chi connectivity index (χ1n) is 12.8. The lowest BCUT2D eigenvalue weighted by Crippen LogP contribution is -2.14. The van der Waals surface area contributed by atoms with Crippen LogP contribution in [0.3, 0.4) is 0 Å². The van der Waals surface area contributed by atoms with Gasteiger partial charge in [-0.15, -0.1) is 0 Å². The predicted molar refractivity (Wildman–Crippen MR) is 158 cm³/mol. The van der Waals surface area contributed by atoms with Crippen LogP contribution in [-0.4, -0.2) is 57.2 Å². The largest absolute Gasteiger partial charge is 0.508 e. The molecule has 7 nitrogen and oxygen atoms in total. The van der Waals surface area contributed by atoms with E-state index in [1.807, 2.05) is 42.9 Å². The topological polar surface area (TPSA) is 117 Å². The summed E-state index contributed by atoms with van der Waals surface area (Å²) < 4.78 is 0. The molecule has 6 aromatic rings. The van der Waals surface area contributed by atoms with Crippen molar-refractivity contribution in [2.75, 3.05) is 27.2 Å². The molecule has 0 atom stereocenters. The normalized spacial score (nSPS) is 11.0. The van der Waals surface area contributed by atoms with Crippen LogP contribution < -0.4 is 5.73 Å². The van der Waals surface area contributed by atoms with Gasteiger partial charge in [0.05, 0.1) is 0 Å². The summed E-state index contributed by atoms with van der Waals surface area (Å²) in [4.78, 5) is 11.6. The number of aromatic amines is 3. The fourth-order valence-electron chi connectivity index (χ4n) is 4.52. The van der Waals surface area contributed by atoms with Crippen molar-refractivity contribution in [1.82, 2.24) is 19.9 Å². The number of H-pyrrole nitrogens is 3. The highest BCUT2D eigenvalue weighted by Crippen LogP contribution is 2.27. The van der Waals surface area contributed by atoms with Gasteiger partial charge in [-0.2, -0.15) is 0 Å². The first kappa shape index (κ1) is 26.9. The number of phenolic OH excluding ortho intramolecular Hbond substituents is 2. The van der Waals surface area contributed by atoms with Crippen molar-refractivity contribution in [3.8, 4) is 11.5 Å². The number of hydrogen-bond acceptors (Lipinski definition) is 4. The molecule has 0 radical (unpaired) electrons. The van der Waals surface area contributed by atoms with E-state index in [0.29, 0.717) is 18.0 Å². The Morgan fingerprint density at radius 1 is 0.737 bits per heavy atom. The number of phenols is 2. The first-order chi connectivity index (χ1) is 18.4. The van der Waals surface area contributed by atoms with Crippen LogP contribution in [0, 0.1) is 6.92 Å². The Hall–Kier alpha value is -4.20. The van der Waals surface area contributed by atoms with E-state index in [1.165, 1.54) is 22.0 Å². The van der Waals surface area contributed by atoms with Crippen molar-refractivity contribution in [3.63, 3.8) is 0 Å². The number of fused-ring (bicyclic) bond motifs is 3. The second-order valence-corrected chi connectivity index (χ2v) is 9.67. The Labute approximate surface area is 222 Å². The number of para-hydroxylation sites is 1. The number of aromatic hydroxyl groups is 2. The van der Waals surface area contributed by atoms with Crippen LogP contribution in [0.4, 0.5) is 0 Å². The van der Waals surface area contributed by atoms with Gasteiger partial charge in [0.25, 0.3) is 0 Å². The SMILES string of the molecule is CN(C)CCc1c[nH]c2cccc(O)c12.Cc1c[nH]c2ccccc12.NCCc1c[nH]c2ccc(O)cc12. The molecule has 0 bridgehead atoms. The summed E-state index contributed by atoms with van der Waals surface area (Å²) in [6.07, 6.45) is 7.74. The number of nitrogens with one attached hydrogen (secondary N) is 3. The molecule has 198 valence electrons. The number of nitrogens with zero attached hydrogens (tertiary/aromatic N) is 1. The zero-order valence-electron chi connectivity index (χ0n) is 22.3. The van der Waals surface area contributed by atoms with Crippen LogP contribution in [0.5, 0.6) is 11.5 Å². The van der Waals surface area contributed by atoms with Crippen molar-refractivity contribution < 1.29 is 10.2 Å². The number of aryl methyl sites for hydroxylation is 1. The molecule has 0 unspecified atom stereocenters. The zero-order chi connectivity index (χ0) is 27.1. The van der Waals surface area contributed by atoms with Gasteiger partial charge in [-0.1, -0.05) is 24.3 Å². The van der Waals surface area contributed by atoms with Crippen LogP contribution in [-0.2, 0) is 12.8 Å². The van der Waals surface area contributed by atoms with E-state index < -0.39 is 0 Å². The summed E-state index contributed by atoms with van der Waals surface area (Å²) in [5.74, 6) is 0.660. The van der Waals surface area contributed by atoms with Crippen LogP contribution in [0.1, 0.15) is 16.7 Å². The molecule has 3 aromatic carbocycles. The number of likely N-dealkylation sites (N-methyl/N-ethyl adjacent to an activating group) is 1. The Morgan fingerprint density at radius 2 is 1.42 bits per heavy atom. The van der Waals surface area contributed by atoms with Crippen LogP contribution in [0.25, 0.3) is 32.7 Å². The molecular weight excluding hydrogens is 474 g/mol. The molecule has 7 heteroatoms. The van der Waals surface area contributed by atoms with Gasteiger partial charge >= 0.3 is 0 Å². The molecule has 0 fully saturated rings. The molecule has 0 spiro atoms. The van der Waals surface area contributed by atoms with E-state index in [0.717, 1.165) is 46.8 Å². The molecule has 0 aliphatic rings. The average Bonchev–Trinajstić information content (AvgIpc) is 3.62. The Morgan fingerprint density at radius 3 is 2.18 bits per heavy atom. The van der Waals surface area contributed by atoms with Crippen molar-refractivity contribution in [2.24, 2.45) is 5.73 Å². The minimum absolute atomic E-state index is 0.297. The fraction of sp³-hybridized carbons (Fsp3) is 0.226. The van der Waals surface area contributed by atoms with Crippen LogP contribution >= 0.6 is 0 Å². The van der Waals surface area contributed by atoms with Gasteiger partial charge < -0.3 is 35.8 Å². The smallest absolute Gasteiger partial charge is 0.125 e. The Balaban J connectivity index is 0.000000135. The third-order valence-corrected chi connectivity index (χ3v) is 6.55. The van der Waals surface area contributed by atoms with Gasteiger partial charge in [-0.05, 0) is 93.5 Å². The first-order valence-corrected chi connectivity index (χ1v) is 12.8. The summed E-state index contributed by atoms with van der Waals surface area (Å²) in [5.41, 5.74) is 12.4. The minimum Gasteiger partial charge on any atom is -0.508 e. The summed E-state index contributed by atoms with van der Waals surface area (Å²) in [7, 11) is 4.10. The van der Waals surface area contributed by atoms with Gasteiger partial charge in [0, 0.05) is 57.8 Å². The van der Waals surface area contributed by atoms with E-state index in [1.54, 1.807) is 18.2 Å². The molecule has 3 heterocycles. The summed E-state index contributed by atoms with van der Waals surface area (Å²) in [6.45, 7) is 3.72. The lowest BCUT2D eigenvalue weighted by atomic mass is 10.1. The highest BCUT2D eigenvalue weighted by molar-refractivity contribution is 5.89. The lowest BCUT2D eigenvalue weighted by molar-refractivity contribution is 0.414. The monoisotopic (exact) mass is 511 g/mol. The molecule has 38 heavy (non-hydrogen) atoms. The van der Waals surface area contributed by atoms with E-state index in [9.17, 15) is 10.2 Å². The molecule has 0 aliphatic carbocycles. The second-order valence-electron chi connectivity index (χ2n) is 9.67. The van der Waals surface area contributed by atoms with Gasteiger partial charge in [0.1, 0.15) is 11.5 Å². The van der Waals surface area contributed by atoms with Crippen molar-refractivity contribution in [2.45, 2.75) is 19.8 Å². The predicted octanol–water partition coefficient (Wildman–Crippen LogP) is 5.83. The third-order valence-electron chi connectivity index (χ3n) is 6.55. The van der Waals surface area contributed by atoms with E-state index in [2.05, 4.69) is 59.1 Å². The van der Waals surface area contributed by atoms with Gasteiger partial charge in [-0.3, -0.25) is 0 Å². The number of aromatic nitrogens is 3. The van der Waals surface area contributed by atoms with Crippen LogP contribution in [0.15, 0.2) is 79.3 Å². The van der Waals surface area contributed by atoms with Crippen LogP contribution in [0.2, 0.25) is 0 Å². The lowest BCUT2D eigenvalue weighted by Gasteiger charge is -2.08. The number of hydrogen-bond donors (Lipinski definition) is 6. The second kappa shape index (κ2) is 12.4. The summed E-state index contributed by atoms with van der Waals surface area (Å²) >= 11 is 0. The van der Waals surface area contributed by atoms with Crippen molar-refractivity contribution >= 4 is 32.7 Å². The summed E-state index contributed by atoms with van der Waals surface area (Å²) in [5, 5.41) is 22.4. The number of nitrogens with two attached hydrogens (primary N) is 1. The maximum atomic E-state index is 9.77. The van der Waals surface area contributed by atoms with Crippen molar-refractivity contribution in [1.29, 1.82) is 0 Å². The molecule has 6 rings (SSSR count). The van der Waals surface area contributed by atoms with Gasteiger partial charge in [0.15, 0.2) is 0 Å². The molecule has 3 aromatic heterocycles. The molecule has 0 amide bonds. The Kier molecular flexibility index (Phi) is 8.73. The third kappa shape index (κ3) is 6.37. The highest BCUT2D eigenvalue weighted by atomic mass is 16.3. The number of benzene rings is 3. The zero-order valence-corrected chi connectivity index (χ0v) is 22.3. The molecule has 0 saturated heterocycles. The van der Waals surface area contributed by atoms with E-state index in [4.69, 9.17) is 5.73 Å². The number of rotatable bonds is 5. The molecule has 0 aliphatic heterocycles. The molecular formula is C31H37N5O2.